The molecule has 1 heterocycles. The van der Waals surface area contributed by atoms with Gasteiger partial charge in [-0.2, -0.15) is 0 Å². The lowest BCUT2D eigenvalue weighted by Gasteiger charge is -2.22. The Labute approximate surface area is 165 Å². The molecule has 0 spiro atoms. The van der Waals surface area contributed by atoms with Crippen molar-refractivity contribution in [3.63, 3.8) is 0 Å². The Balaban J connectivity index is 1.89. The maximum Gasteiger partial charge on any atom is 0.128 e. The number of hydrogen-bond acceptors (Lipinski definition) is 2. The fourth-order valence-electron chi connectivity index (χ4n) is 4.61. The fraction of sp³-hybridized carbons (Fsp3) is 0.200. The van der Waals surface area contributed by atoms with Gasteiger partial charge in [0, 0.05) is 22.8 Å². The summed E-state index contributed by atoms with van der Waals surface area (Å²) in [4.78, 5) is 0. The van der Waals surface area contributed by atoms with Crippen LogP contribution in [0.2, 0.25) is 0 Å². The average Bonchev–Trinajstić information content (AvgIpc) is 3.20. The minimum absolute atomic E-state index is 0.0753. The van der Waals surface area contributed by atoms with Gasteiger partial charge in [0.1, 0.15) is 11.5 Å². The van der Waals surface area contributed by atoms with Crippen molar-refractivity contribution < 1.29 is 9.47 Å². The lowest BCUT2D eigenvalue weighted by molar-refractivity contribution is 0.389. The Hall–Kier alpha value is -3.20. The van der Waals surface area contributed by atoms with Crippen molar-refractivity contribution >= 4 is 10.9 Å². The lowest BCUT2D eigenvalue weighted by atomic mass is 10.0. The molecule has 3 aromatic carbocycles. The molecule has 0 fully saturated rings. The molecule has 3 heteroatoms. The smallest absolute Gasteiger partial charge is 0.128 e. The first kappa shape index (κ1) is 16.9. The lowest BCUT2D eigenvalue weighted by Crippen LogP contribution is -2.12. The molecule has 3 nitrogen and oxygen atoms in total. The molecule has 1 aliphatic carbocycles. The van der Waals surface area contributed by atoms with Crippen molar-refractivity contribution in [3.8, 4) is 22.6 Å². The molecule has 5 rings (SSSR count). The molecule has 140 valence electrons. The van der Waals surface area contributed by atoms with Crippen LogP contribution in [0, 0.1) is 13.8 Å². The summed E-state index contributed by atoms with van der Waals surface area (Å²) >= 11 is 0. The molecule has 4 aromatic rings. The van der Waals surface area contributed by atoms with Crippen LogP contribution >= 0.6 is 0 Å². The highest BCUT2D eigenvalue weighted by Crippen LogP contribution is 2.52. The Morgan fingerprint density at radius 1 is 0.821 bits per heavy atom. The van der Waals surface area contributed by atoms with E-state index in [1.807, 2.05) is 6.07 Å². The van der Waals surface area contributed by atoms with Gasteiger partial charge in [-0.25, -0.2) is 0 Å². The van der Waals surface area contributed by atoms with Gasteiger partial charge in [-0.1, -0.05) is 42.0 Å². The van der Waals surface area contributed by atoms with E-state index in [2.05, 4.69) is 73.0 Å². The molecule has 1 unspecified atom stereocenters. The third-order valence-corrected chi connectivity index (χ3v) is 5.84. The zero-order valence-electron chi connectivity index (χ0n) is 16.6. The van der Waals surface area contributed by atoms with Crippen molar-refractivity contribution in [2.45, 2.75) is 19.9 Å². The molecule has 0 saturated heterocycles. The number of rotatable bonds is 3. The Kier molecular flexibility index (Phi) is 3.73. The quantitative estimate of drug-likeness (QED) is 0.396. The second kappa shape index (κ2) is 6.16. The van der Waals surface area contributed by atoms with Crippen molar-refractivity contribution in [2.24, 2.45) is 0 Å². The van der Waals surface area contributed by atoms with Crippen LogP contribution in [0.5, 0.6) is 11.5 Å². The minimum Gasteiger partial charge on any atom is -0.497 e. The van der Waals surface area contributed by atoms with Crippen LogP contribution in [0.25, 0.3) is 22.0 Å². The van der Waals surface area contributed by atoms with Crippen molar-refractivity contribution in [3.05, 3.63) is 83.0 Å². The van der Waals surface area contributed by atoms with E-state index in [0.717, 1.165) is 11.5 Å². The predicted octanol–water partition coefficient (Wildman–Crippen LogP) is 5.89. The number of nitrogens with zero attached hydrogens (tertiary/aromatic N) is 1. The van der Waals surface area contributed by atoms with Gasteiger partial charge < -0.3 is 14.0 Å². The van der Waals surface area contributed by atoms with Crippen molar-refractivity contribution in [2.75, 3.05) is 14.2 Å². The zero-order chi connectivity index (χ0) is 19.4. The monoisotopic (exact) mass is 369 g/mol. The molecule has 1 aromatic heterocycles. The highest BCUT2D eigenvalue weighted by molar-refractivity contribution is 5.86. The molecule has 0 aliphatic heterocycles. The molecule has 0 bridgehead atoms. The first-order valence-corrected chi connectivity index (χ1v) is 9.55. The number of aromatic nitrogens is 1. The molecule has 0 radical (unpaired) electrons. The summed E-state index contributed by atoms with van der Waals surface area (Å²) in [7, 11) is 3.44. The van der Waals surface area contributed by atoms with Gasteiger partial charge in [0.2, 0.25) is 0 Å². The topological polar surface area (TPSA) is 23.4 Å². The summed E-state index contributed by atoms with van der Waals surface area (Å²) in [6, 6.07) is 21.8. The van der Waals surface area contributed by atoms with Gasteiger partial charge in [-0.15, -0.1) is 0 Å². The second-order valence-electron chi connectivity index (χ2n) is 7.50. The van der Waals surface area contributed by atoms with Gasteiger partial charge in [0.25, 0.3) is 0 Å². The largest absolute Gasteiger partial charge is 0.497 e. The highest BCUT2D eigenvalue weighted by Gasteiger charge is 2.35. The Morgan fingerprint density at radius 3 is 2.43 bits per heavy atom. The van der Waals surface area contributed by atoms with Crippen LogP contribution in [0.1, 0.15) is 28.4 Å². The summed E-state index contributed by atoms with van der Waals surface area (Å²) < 4.78 is 13.8. The van der Waals surface area contributed by atoms with Crippen molar-refractivity contribution in [1.82, 2.24) is 4.57 Å². The predicted molar refractivity (Wildman–Crippen MR) is 114 cm³/mol. The number of hydrogen-bond donors (Lipinski definition) is 0. The average molecular weight is 369 g/mol. The SMILES string of the molecule is COc1cc(OC)c2c(c1)-c1cc(C)ccc1C2n1c(C)cc2ccccc21. The summed E-state index contributed by atoms with van der Waals surface area (Å²) in [5.41, 5.74) is 8.68. The van der Waals surface area contributed by atoms with Gasteiger partial charge in [-0.3, -0.25) is 0 Å². The normalized spacial score (nSPS) is 14.8. The fourth-order valence-corrected chi connectivity index (χ4v) is 4.61. The summed E-state index contributed by atoms with van der Waals surface area (Å²) in [6.07, 6.45) is 0. The van der Waals surface area contributed by atoms with E-state index in [9.17, 15) is 0 Å². The summed E-state index contributed by atoms with van der Waals surface area (Å²) in [5, 5.41) is 1.26. The molecule has 28 heavy (non-hydrogen) atoms. The third kappa shape index (κ3) is 2.29. The number of benzene rings is 3. The summed E-state index contributed by atoms with van der Waals surface area (Å²) in [6.45, 7) is 4.32. The van der Waals surface area contributed by atoms with Gasteiger partial charge >= 0.3 is 0 Å². The zero-order valence-corrected chi connectivity index (χ0v) is 16.6. The molecule has 0 N–H and O–H groups in total. The van der Waals surface area contributed by atoms with Crippen LogP contribution in [-0.4, -0.2) is 18.8 Å². The van der Waals surface area contributed by atoms with E-state index in [1.165, 1.54) is 44.4 Å². The van der Waals surface area contributed by atoms with E-state index in [1.54, 1.807) is 14.2 Å². The van der Waals surface area contributed by atoms with Crippen LogP contribution < -0.4 is 9.47 Å². The second-order valence-corrected chi connectivity index (χ2v) is 7.50. The molecular formula is C25H23NO2. The molecule has 1 atom stereocenters. The molecular weight excluding hydrogens is 346 g/mol. The first-order chi connectivity index (χ1) is 13.6. The van der Waals surface area contributed by atoms with Crippen LogP contribution in [-0.2, 0) is 0 Å². The number of para-hydroxylation sites is 1. The van der Waals surface area contributed by atoms with Gasteiger partial charge in [-0.05, 0) is 54.1 Å². The van der Waals surface area contributed by atoms with E-state index in [-0.39, 0.29) is 6.04 Å². The number of ether oxygens (including phenoxy) is 2. The Bertz CT molecular complexity index is 1220. The molecule has 1 aliphatic rings. The van der Waals surface area contributed by atoms with Crippen LogP contribution in [0.3, 0.4) is 0 Å². The van der Waals surface area contributed by atoms with E-state index >= 15 is 0 Å². The first-order valence-electron chi connectivity index (χ1n) is 9.55. The number of fused-ring (bicyclic) bond motifs is 4. The van der Waals surface area contributed by atoms with Crippen LogP contribution in [0.15, 0.2) is 60.7 Å². The van der Waals surface area contributed by atoms with Crippen LogP contribution in [0.4, 0.5) is 0 Å². The number of aryl methyl sites for hydroxylation is 2. The van der Waals surface area contributed by atoms with Gasteiger partial charge in [0.05, 0.1) is 20.3 Å². The van der Waals surface area contributed by atoms with Crippen molar-refractivity contribution in [1.29, 1.82) is 0 Å². The van der Waals surface area contributed by atoms with Gasteiger partial charge in [0.15, 0.2) is 0 Å². The van der Waals surface area contributed by atoms with E-state index in [0.29, 0.717) is 0 Å². The van der Waals surface area contributed by atoms with E-state index in [4.69, 9.17) is 9.47 Å². The highest BCUT2D eigenvalue weighted by atomic mass is 16.5. The third-order valence-electron chi connectivity index (χ3n) is 5.84. The summed E-state index contributed by atoms with van der Waals surface area (Å²) in [5.74, 6) is 1.68. The molecule has 0 saturated carbocycles. The maximum atomic E-state index is 5.85. The maximum absolute atomic E-state index is 5.85. The van der Waals surface area contributed by atoms with E-state index < -0.39 is 0 Å². The minimum atomic E-state index is 0.0753. The molecule has 0 amide bonds. The Morgan fingerprint density at radius 2 is 1.64 bits per heavy atom. The standard InChI is InChI=1S/C25H23NO2/c1-15-9-10-19-20(11-15)21-13-18(27-3)14-23(28-4)24(21)25(19)26-16(2)12-17-7-5-6-8-22(17)26/h5-14,25H,1-4H3. The number of methoxy groups -OCH3 is 2.